The van der Waals surface area contributed by atoms with Gasteiger partial charge in [0, 0.05) is 17.2 Å². The van der Waals surface area contributed by atoms with Crippen LogP contribution in [0.15, 0.2) is 30.5 Å². The summed E-state index contributed by atoms with van der Waals surface area (Å²) in [6.45, 7) is 3.38. The Morgan fingerprint density at radius 2 is 2.00 bits per heavy atom. The van der Waals surface area contributed by atoms with E-state index in [4.69, 9.17) is 11.6 Å². The van der Waals surface area contributed by atoms with Gasteiger partial charge in [-0.3, -0.25) is 14.9 Å². The number of nitro benzene ring substituents is 1. The first-order valence-electron chi connectivity index (χ1n) is 6.07. The fourth-order valence-corrected chi connectivity index (χ4v) is 1.88. The predicted molar refractivity (Wildman–Crippen MR) is 79.8 cm³/mol. The van der Waals surface area contributed by atoms with Gasteiger partial charge in [0.2, 0.25) is 0 Å². The molecule has 108 valence electrons. The lowest BCUT2D eigenvalue weighted by Gasteiger charge is -2.07. The smallest absolute Gasteiger partial charge is 0.273 e. The second-order valence-electron chi connectivity index (χ2n) is 4.54. The van der Waals surface area contributed by atoms with Crippen molar-refractivity contribution in [1.29, 1.82) is 0 Å². The third kappa shape index (κ3) is 3.35. The van der Waals surface area contributed by atoms with E-state index >= 15 is 0 Å². The number of halogens is 1. The summed E-state index contributed by atoms with van der Waals surface area (Å²) in [6, 6.07) is 6.00. The van der Waals surface area contributed by atoms with E-state index in [1.165, 1.54) is 18.3 Å². The first kappa shape index (κ1) is 14.9. The second kappa shape index (κ2) is 5.88. The Morgan fingerprint density at radius 3 is 2.62 bits per heavy atom. The van der Waals surface area contributed by atoms with Gasteiger partial charge in [0.05, 0.1) is 16.8 Å². The summed E-state index contributed by atoms with van der Waals surface area (Å²) >= 11 is 5.81. The number of nitro groups is 1. The summed E-state index contributed by atoms with van der Waals surface area (Å²) in [5, 5.41) is 13.9. The van der Waals surface area contributed by atoms with Crippen LogP contribution >= 0.6 is 11.6 Å². The van der Waals surface area contributed by atoms with E-state index in [0.29, 0.717) is 16.4 Å². The third-order valence-electron chi connectivity index (χ3n) is 2.94. The maximum atomic E-state index is 12.1. The number of anilines is 1. The molecule has 0 unspecified atom stereocenters. The number of hydrogen-bond donors (Lipinski definition) is 1. The van der Waals surface area contributed by atoms with Crippen LogP contribution in [0.2, 0.25) is 5.15 Å². The number of rotatable bonds is 3. The standard InChI is InChI=1S/C14H12ClN3O3/c1-8-3-4-10(6-12(8)18(20)21)14(19)17-11-5-9(2)13(15)16-7-11/h3-7H,1-2H3,(H,17,19). The first-order valence-corrected chi connectivity index (χ1v) is 6.45. The summed E-state index contributed by atoms with van der Waals surface area (Å²) in [5.74, 6) is -0.443. The summed E-state index contributed by atoms with van der Waals surface area (Å²) in [6.07, 6.45) is 1.43. The zero-order valence-electron chi connectivity index (χ0n) is 11.4. The van der Waals surface area contributed by atoms with E-state index in [9.17, 15) is 14.9 Å². The summed E-state index contributed by atoms with van der Waals surface area (Å²) in [5.41, 5.74) is 1.82. The molecule has 0 aliphatic rings. The van der Waals surface area contributed by atoms with Crippen molar-refractivity contribution in [2.75, 3.05) is 5.32 Å². The molecule has 0 fully saturated rings. The molecule has 0 saturated heterocycles. The Hall–Kier alpha value is -2.47. The molecule has 6 nitrogen and oxygen atoms in total. The number of aryl methyl sites for hydroxylation is 2. The fourth-order valence-electron chi connectivity index (χ4n) is 1.78. The fraction of sp³-hybridized carbons (Fsp3) is 0.143. The van der Waals surface area contributed by atoms with E-state index < -0.39 is 10.8 Å². The van der Waals surface area contributed by atoms with Gasteiger partial charge in [0.15, 0.2) is 0 Å². The summed E-state index contributed by atoms with van der Waals surface area (Å²) in [7, 11) is 0. The van der Waals surface area contributed by atoms with Crippen LogP contribution < -0.4 is 5.32 Å². The average Bonchev–Trinajstić information content (AvgIpc) is 2.43. The number of amides is 1. The molecule has 0 spiro atoms. The zero-order chi connectivity index (χ0) is 15.6. The van der Waals surface area contributed by atoms with E-state index in [-0.39, 0.29) is 11.3 Å². The van der Waals surface area contributed by atoms with E-state index in [1.807, 2.05) is 0 Å². The van der Waals surface area contributed by atoms with Gasteiger partial charge in [-0.25, -0.2) is 4.98 Å². The molecule has 21 heavy (non-hydrogen) atoms. The predicted octanol–water partition coefficient (Wildman–Crippen LogP) is 3.51. The highest BCUT2D eigenvalue weighted by atomic mass is 35.5. The maximum absolute atomic E-state index is 12.1. The van der Waals surface area contributed by atoms with Crippen molar-refractivity contribution in [3.8, 4) is 0 Å². The first-order chi connectivity index (χ1) is 9.88. The number of pyridine rings is 1. The van der Waals surface area contributed by atoms with Gasteiger partial charge in [-0.05, 0) is 31.5 Å². The largest absolute Gasteiger partial charge is 0.321 e. The minimum Gasteiger partial charge on any atom is -0.321 e. The number of benzene rings is 1. The molecule has 1 N–H and O–H groups in total. The van der Waals surface area contributed by atoms with Gasteiger partial charge < -0.3 is 5.32 Å². The van der Waals surface area contributed by atoms with Crippen LogP contribution in [0.3, 0.4) is 0 Å². The molecular formula is C14H12ClN3O3. The molecule has 1 aromatic heterocycles. The van der Waals surface area contributed by atoms with E-state index in [0.717, 1.165) is 5.56 Å². The van der Waals surface area contributed by atoms with Crippen LogP contribution in [0.5, 0.6) is 0 Å². The minimum absolute atomic E-state index is 0.0898. The Labute approximate surface area is 125 Å². The van der Waals surface area contributed by atoms with Crippen molar-refractivity contribution in [3.63, 3.8) is 0 Å². The lowest BCUT2D eigenvalue weighted by atomic mass is 10.1. The molecule has 0 aliphatic heterocycles. The maximum Gasteiger partial charge on any atom is 0.273 e. The van der Waals surface area contributed by atoms with Gasteiger partial charge in [0.25, 0.3) is 11.6 Å². The monoisotopic (exact) mass is 305 g/mol. The van der Waals surface area contributed by atoms with Gasteiger partial charge >= 0.3 is 0 Å². The Morgan fingerprint density at radius 1 is 1.29 bits per heavy atom. The highest BCUT2D eigenvalue weighted by Crippen LogP contribution is 2.21. The highest BCUT2D eigenvalue weighted by molar-refractivity contribution is 6.30. The lowest BCUT2D eigenvalue weighted by molar-refractivity contribution is -0.385. The highest BCUT2D eigenvalue weighted by Gasteiger charge is 2.15. The SMILES string of the molecule is Cc1ccc(C(=O)Nc2cnc(Cl)c(C)c2)cc1[N+](=O)[O-]. The van der Waals surface area contributed by atoms with Crippen molar-refractivity contribution in [2.24, 2.45) is 0 Å². The number of hydrogen-bond acceptors (Lipinski definition) is 4. The van der Waals surface area contributed by atoms with Crippen LogP contribution in [0, 0.1) is 24.0 Å². The van der Waals surface area contributed by atoms with Gasteiger partial charge in [-0.2, -0.15) is 0 Å². The molecule has 2 aromatic rings. The summed E-state index contributed by atoms with van der Waals surface area (Å²) < 4.78 is 0. The van der Waals surface area contributed by atoms with Crippen molar-refractivity contribution in [1.82, 2.24) is 4.98 Å². The topological polar surface area (TPSA) is 85.1 Å². The number of nitrogens with zero attached hydrogens (tertiary/aromatic N) is 2. The molecule has 0 aliphatic carbocycles. The van der Waals surface area contributed by atoms with Crippen molar-refractivity contribution >= 4 is 28.9 Å². The van der Waals surface area contributed by atoms with Gasteiger partial charge in [-0.15, -0.1) is 0 Å². The molecule has 0 saturated carbocycles. The van der Waals surface area contributed by atoms with Crippen LogP contribution in [0.1, 0.15) is 21.5 Å². The number of carbonyl (C=O) groups is 1. The molecule has 1 aromatic carbocycles. The number of aromatic nitrogens is 1. The van der Waals surface area contributed by atoms with Crippen molar-refractivity contribution < 1.29 is 9.72 Å². The minimum atomic E-state index is -0.514. The number of carbonyl (C=O) groups excluding carboxylic acids is 1. The van der Waals surface area contributed by atoms with E-state index in [1.54, 1.807) is 26.0 Å². The molecule has 1 amide bonds. The number of nitrogens with one attached hydrogen (secondary N) is 1. The second-order valence-corrected chi connectivity index (χ2v) is 4.90. The van der Waals surface area contributed by atoms with Gasteiger partial charge in [0.1, 0.15) is 5.15 Å². The van der Waals surface area contributed by atoms with Crippen LogP contribution in [-0.4, -0.2) is 15.8 Å². The summed E-state index contributed by atoms with van der Waals surface area (Å²) in [4.78, 5) is 26.4. The molecule has 0 radical (unpaired) electrons. The quantitative estimate of drug-likeness (QED) is 0.534. The lowest BCUT2D eigenvalue weighted by Crippen LogP contribution is -2.12. The molecule has 7 heteroatoms. The average molecular weight is 306 g/mol. The zero-order valence-corrected chi connectivity index (χ0v) is 12.1. The van der Waals surface area contributed by atoms with Crippen LogP contribution in [0.4, 0.5) is 11.4 Å². The van der Waals surface area contributed by atoms with Crippen molar-refractivity contribution in [3.05, 3.63) is 62.4 Å². The Bertz CT molecular complexity index is 731. The van der Waals surface area contributed by atoms with Crippen LogP contribution in [0.25, 0.3) is 0 Å². The van der Waals surface area contributed by atoms with Gasteiger partial charge in [-0.1, -0.05) is 17.7 Å². The Kier molecular flexibility index (Phi) is 4.18. The normalized spacial score (nSPS) is 10.2. The van der Waals surface area contributed by atoms with Crippen LogP contribution in [-0.2, 0) is 0 Å². The van der Waals surface area contributed by atoms with E-state index in [2.05, 4.69) is 10.3 Å². The Balaban J connectivity index is 2.26. The molecule has 2 rings (SSSR count). The molecule has 0 bridgehead atoms. The molecule has 0 atom stereocenters. The molecular weight excluding hydrogens is 294 g/mol. The van der Waals surface area contributed by atoms with Crippen molar-refractivity contribution in [2.45, 2.75) is 13.8 Å². The molecule has 1 heterocycles. The third-order valence-corrected chi connectivity index (χ3v) is 3.34.